The number of ether oxygens (including phenoxy) is 1. The van der Waals surface area contributed by atoms with Gasteiger partial charge in [-0.1, -0.05) is 11.6 Å². The molecule has 8 heteroatoms. The molecule has 2 saturated heterocycles. The van der Waals surface area contributed by atoms with Crippen LogP contribution >= 0.6 is 22.9 Å². The molecule has 2 aliphatic rings. The Balaban J connectivity index is 1.39. The summed E-state index contributed by atoms with van der Waals surface area (Å²) in [6.45, 7) is 6.32. The van der Waals surface area contributed by atoms with Crippen LogP contribution in [0.15, 0.2) is 24.4 Å². The fourth-order valence-electron chi connectivity index (χ4n) is 3.57. The lowest BCUT2D eigenvalue weighted by molar-refractivity contribution is 0.122. The van der Waals surface area contributed by atoms with Gasteiger partial charge in [-0.15, -0.1) is 11.3 Å². The number of thiophene rings is 1. The maximum atomic E-state index is 6.05. The van der Waals surface area contributed by atoms with Gasteiger partial charge in [-0.2, -0.15) is 4.98 Å². The molecule has 26 heavy (non-hydrogen) atoms. The Morgan fingerprint density at radius 3 is 2.88 bits per heavy atom. The van der Waals surface area contributed by atoms with Gasteiger partial charge in [-0.25, -0.2) is 4.98 Å². The smallest absolute Gasteiger partial charge is 0.227 e. The van der Waals surface area contributed by atoms with Crippen molar-refractivity contribution < 1.29 is 4.74 Å². The van der Waals surface area contributed by atoms with Crippen LogP contribution in [0.5, 0.6) is 0 Å². The number of nitrogens with zero attached hydrogens (tertiary/aromatic N) is 5. The van der Waals surface area contributed by atoms with Crippen molar-refractivity contribution in [2.45, 2.75) is 19.0 Å². The Hall–Kier alpha value is -1.41. The number of hydrogen-bond acceptors (Lipinski definition) is 7. The average Bonchev–Trinajstić information content (AvgIpc) is 3.31. The van der Waals surface area contributed by atoms with E-state index in [9.17, 15) is 0 Å². The average molecular weight is 394 g/mol. The van der Waals surface area contributed by atoms with E-state index < -0.39 is 0 Å². The molecule has 0 radical (unpaired) electrons. The highest BCUT2D eigenvalue weighted by molar-refractivity contribution is 7.16. The third kappa shape index (κ3) is 4.11. The summed E-state index contributed by atoms with van der Waals surface area (Å²) < 4.78 is 6.29. The number of likely N-dealkylation sites (tertiary alicyclic amines) is 1. The van der Waals surface area contributed by atoms with Crippen LogP contribution in [-0.2, 0) is 11.3 Å². The zero-order valence-electron chi connectivity index (χ0n) is 15.0. The molecule has 0 amide bonds. The van der Waals surface area contributed by atoms with E-state index in [2.05, 4.69) is 32.8 Å². The number of hydrogen-bond donors (Lipinski definition) is 0. The van der Waals surface area contributed by atoms with Crippen LogP contribution in [0.2, 0.25) is 4.34 Å². The Morgan fingerprint density at radius 2 is 2.12 bits per heavy atom. The van der Waals surface area contributed by atoms with Gasteiger partial charge in [0.25, 0.3) is 0 Å². The van der Waals surface area contributed by atoms with E-state index in [1.54, 1.807) is 11.3 Å². The fraction of sp³-hybridized carbons (Fsp3) is 0.556. The van der Waals surface area contributed by atoms with Gasteiger partial charge < -0.3 is 14.5 Å². The SMILES string of the molecule is CN(c1ccnc(N2CCOCC2)n1)C1CCN(Cc2ccc(Cl)s2)C1. The second kappa shape index (κ2) is 8.08. The van der Waals surface area contributed by atoms with Gasteiger partial charge in [-0.05, 0) is 24.6 Å². The molecule has 0 N–H and O–H groups in total. The molecular formula is C18H24ClN5OS. The summed E-state index contributed by atoms with van der Waals surface area (Å²) >= 11 is 7.72. The van der Waals surface area contributed by atoms with Crippen molar-refractivity contribution in [3.05, 3.63) is 33.6 Å². The molecule has 0 aliphatic carbocycles. The number of morpholine rings is 1. The lowest BCUT2D eigenvalue weighted by atomic mass is 10.2. The molecule has 0 spiro atoms. The van der Waals surface area contributed by atoms with Crippen molar-refractivity contribution in [3.8, 4) is 0 Å². The van der Waals surface area contributed by atoms with Gasteiger partial charge in [-0.3, -0.25) is 4.90 Å². The van der Waals surface area contributed by atoms with Crippen LogP contribution in [0, 0.1) is 0 Å². The van der Waals surface area contributed by atoms with E-state index in [1.165, 1.54) is 4.88 Å². The number of aromatic nitrogens is 2. The fourth-order valence-corrected chi connectivity index (χ4v) is 4.70. The Bertz CT molecular complexity index is 736. The maximum Gasteiger partial charge on any atom is 0.227 e. The second-order valence-electron chi connectivity index (χ2n) is 6.81. The largest absolute Gasteiger partial charge is 0.378 e. The third-order valence-electron chi connectivity index (χ3n) is 5.09. The highest BCUT2D eigenvalue weighted by Gasteiger charge is 2.27. The molecule has 2 aromatic heterocycles. The molecule has 2 fully saturated rings. The molecule has 4 rings (SSSR count). The van der Waals surface area contributed by atoms with Crippen LogP contribution in [0.3, 0.4) is 0 Å². The third-order valence-corrected chi connectivity index (χ3v) is 6.30. The van der Waals surface area contributed by atoms with Crippen molar-refractivity contribution in [2.24, 2.45) is 0 Å². The molecule has 0 aromatic carbocycles. The van der Waals surface area contributed by atoms with E-state index in [0.29, 0.717) is 6.04 Å². The van der Waals surface area contributed by atoms with Crippen LogP contribution in [0.1, 0.15) is 11.3 Å². The van der Waals surface area contributed by atoms with Crippen molar-refractivity contribution in [3.63, 3.8) is 0 Å². The molecule has 6 nitrogen and oxygen atoms in total. The molecule has 4 heterocycles. The summed E-state index contributed by atoms with van der Waals surface area (Å²) in [5, 5.41) is 0. The quantitative estimate of drug-likeness (QED) is 0.778. The number of anilines is 2. The standard InChI is InChI=1S/C18H24ClN5OS/c1-22(14-5-7-23(12-14)13-15-2-3-16(19)26-15)17-4-6-20-18(21-17)24-8-10-25-11-9-24/h2-4,6,14H,5,7-13H2,1H3. The van der Waals surface area contributed by atoms with E-state index >= 15 is 0 Å². The van der Waals surface area contributed by atoms with Gasteiger partial charge in [0.1, 0.15) is 5.82 Å². The first-order valence-corrected chi connectivity index (χ1v) is 10.2. The van der Waals surface area contributed by atoms with Crippen molar-refractivity contribution in [1.29, 1.82) is 0 Å². The molecule has 0 bridgehead atoms. The number of likely N-dealkylation sites (N-methyl/N-ethyl adjacent to an activating group) is 1. The first kappa shape index (κ1) is 18.0. The van der Waals surface area contributed by atoms with Crippen molar-refractivity contribution in [1.82, 2.24) is 14.9 Å². The molecule has 2 aromatic rings. The lowest BCUT2D eigenvalue weighted by Crippen LogP contribution is -2.38. The molecule has 0 saturated carbocycles. The van der Waals surface area contributed by atoms with Crippen LogP contribution in [-0.4, -0.2) is 67.4 Å². The predicted octanol–water partition coefficient (Wildman–Crippen LogP) is 2.74. The van der Waals surface area contributed by atoms with Crippen LogP contribution < -0.4 is 9.80 Å². The second-order valence-corrected chi connectivity index (χ2v) is 8.61. The summed E-state index contributed by atoms with van der Waals surface area (Å²) in [4.78, 5) is 17.6. The van der Waals surface area contributed by atoms with Crippen LogP contribution in [0.4, 0.5) is 11.8 Å². The van der Waals surface area contributed by atoms with Crippen molar-refractivity contribution >= 4 is 34.7 Å². The maximum absolute atomic E-state index is 6.05. The first-order chi connectivity index (χ1) is 12.7. The van der Waals surface area contributed by atoms with E-state index in [0.717, 1.165) is 68.5 Å². The number of rotatable bonds is 5. The summed E-state index contributed by atoms with van der Waals surface area (Å²) in [6, 6.07) is 6.59. The van der Waals surface area contributed by atoms with Crippen molar-refractivity contribution in [2.75, 3.05) is 56.2 Å². The molecule has 1 unspecified atom stereocenters. The topological polar surface area (TPSA) is 44.7 Å². The molecule has 2 aliphatic heterocycles. The van der Waals surface area contributed by atoms with Gasteiger partial charge in [0.2, 0.25) is 5.95 Å². The van der Waals surface area contributed by atoms with Gasteiger partial charge in [0.05, 0.1) is 17.6 Å². The van der Waals surface area contributed by atoms with Gasteiger partial charge in [0, 0.05) is 56.9 Å². The zero-order chi connectivity index (χ0) is 17.9. The minimum atomic E-state index is 0.470. The summed E-state index contributed by atoms with van der Waals surface area (Å²) in [5.41, 5.74) is 0. The highest BCUT2D eigenvalue weighted by atomic mass is 35.5. The summed E-state index contributed by atoms with van der Waals surface area (Å²) in [6.07, 6.45) is 3.01. The highest BCUT2D eigenvalue weighted by Crippen LogP contribution is 2.26. The van der Waals surface area contributed by atoms with Crippen LogP contribution in [0.25, 0.3) is 0 Å². The minimum Gasteiger partial charge on any atom is -0.378 e. The monoisotopic (exact) mass is 393 g/mol. The molecule has 140 valence electrons. The van der Waals surface area contributed by atoms with E-state index in [4.69, 9.17) is 21.3 Å². The minimum absolute atomic E-state index is 0.470. The number of halogens is 1. The van der Waals surface area contributed by atoms with Gasteiger partial charge in [0.15, 0.2) is 0 Å². The first-order valence-electron chi connectivity index (χ1n) is 9.04. The Labute approximate surface area is 163 Å². The molecular weight excluding hydrogens is 370 g/mol. The summed E-state index contributed by atoms with van der Waals surface area (Å²) in [7, 11) is 2.14. The van der Waals surface area contributed by atoms with Gasteiger partial charge >= 0.3 is 0 Å². The Kier molecular flexibility index (Phi) is 5.59. The normalized spacial score (nSPS) is 21.3. The molecule has 1 atom stereocenters. The zero-order valence-corrected chi connectivity index (χ0v) is 16.5. The lowest BCUT2D eigenvalue weighted by Gasteiger charge is -2.29. The Morgan fingerprint density at radius 1 is 1.27 bits per heavy atom. The van der Waals surface area contributed by atoms with E-state index in [1.807, 2.05) is 18.3 Å². The van der Waals surface area contributed by atoms with E-state index in [-0.39, 0.29) is 0 Å². The predicted molar refractivity (Wildman–Crippen MR) is 106 cm³/mol. The summed E-state index contributed by atoms with van der Waals surface area (Å²) in [5.74, 6) is 1.80.